The Bertz CT molecular complexity index is 336. The van der Waals surface area contributed by atoms with Crippen LogP contribution in [0.1, 0.15) is 39.5 Å². The fraction of sp³-hybridized carbons (Fsp3) is 0.800. The number of rotatable bonds is 6. The van der Waals surface area contributed by atoms with Gasteiger partial charge in [-0.3, -0.25) is 4.68 Å². The summed E-state index contributed by atoms with van der Waals surface area (Å²) in [7, 11) is 0. The van der Waals surface area contributed by atoms with Crippen LogP contribution in [0.2, 0.25) is 0 Å². The number of likely N-dealkylation sites (tertiary alicyclic amines) is 1. The summed E-state index contributed by atoms with van der Waals surface area (Å²) >= 11 is 0. The zero-order valence-corrected chi connectivity index (χ0v) is 12.4. The average Bonchev–Trinajstić information content (AvgIpc) is 2.78. The lowest BCUT2D eigenvalue weighted by molar-refractivity contribution is 0.280. The molecule has 0 saturated carbocycles. The maximum absolute atomic E-state index is 4.27. The summed E-state index contributed by atoms with van der Waals surface area (Å²) in [6.07, 6.45) is 9.07. The van der Waals surface area contributed by atoms with Gasteiger partial charge in [-0.2, -0.15) is 5.10 Å². The Morgan fingerprint density at radius 1 is 1.37 bits per heavy atom. The summed E-state index contributed by atoms with van der Waals surface area (Å²) in [6.45, 7) is 9.28. The van der Waals surface area contributed by atoms with Crippen LogP contribution in [0.25, 0.3) is 0 Å². The molecule has 1 aromatic heterocycles. The van der Waals surface area contributed by atoms with Gasteiger partial charge < -0.3 is 10.2 Å². The van der Waals surface area contributed by atoms with Crippen LogP contribution >= 0.6 is 0 Å². The van der Waals surface area contributed by atoms with Crippen molar-refractivity contribution < 1.29 is 0 Å². The van der Waals surface area contributed by atoms with Crippen molar-refractivity contribution in [2.45, 2.75) is 58.2 Å². The van der Waals surface area contributed by atoms with Crippen LogP contribution in [0.3, 0.4) is 0 Å². The SMILES string of the molecule is CCCN1CCCC(NC(C)Cn2cccn2)CC1. The molecule has 0 amide bonds. The van der Waals surface area contributed by atoms with Gasteiger partial charge in [-0.05, 0) is 58.3 Å². The van der Waals surface area contributed by atoms with Crippen LogP contribution in [0.4, 0.5) is 0 Å². The Kier molecular flexibility index (Phi) is 5.86. The van der Waals surface area contributed by atoms with Crippen LogP contribution in [0, 0.1) is 0 Å². The van der Waals surface area contributed by atoms with Crippen LogP contribution in [-0.2, 0) is 6.54 Å². The van der Waals surface area contributed by atoms with E-state index in [1.165, 1.54) is 45.3 Å². The van der Waals surface area contributed by atoms with Crippen LogP contribution in [0.15, 0.2) is 18.5 Å². The van der Waals surface area contributed by atoms with Crippen molar-refractivity contribution >= 4 is 0 Å². The Morgan fingerprint density at radius 2 is 2.26 bits per heavy atom. The molecule has 1 N–H and O–H groups in total. The Hall–Kier alpha value is -0.870. The van der Waals surface area contributed by atoms with E-state index in [-0.39, 0.29) is 0 Å². The molecule has 2 unspecified atom stereocenters. The van der Waals surface area contributed by atoms with Gasteiger partial charge in [0.15, 0.2) is 0 Å². The first-order chi connectivity index (χ1) is 9.28. The normalized spacial score (nSPS) is 23.2. The molecule has 2 atom stereocenters. The van der Waals surface area contributed by atoms with Crippen molar-refractivity contribution in [3.05, 3.63) is 18.5 Å². The van der Waals surface area contributed by atoms with E-state index in [4.69, 9.17) is 0 Å². The van der Waals surface area contributed by atoms with E-state index in [2.05, 4.69) is 29.2 Å². The number of hydrogen-bond acceptors (Lipinski definition) is 3. The highest BCUT2D eigenvalue weighted by atomic mass is 15.3. The van der Waals surface area contributed by atoms with Crippen molar-refractivity contribution in [2.24, 2.45) is 0 Å². The highest BCUT2D eigenvalue weighted by Gasteiger charge is 2.17. The monoisotopic (exact) mass is 264 g/mol. The topological polar surface area (TPSA) is 33.1 Å². The molecule has 0 radical (unpaired) electrons. The third-order valence-electron chi connectivity index (χ3n) is 3.90. The summed E-state index contributed by atoms with van der Waals surface area (Å²) < 4.78 is 2.01. The maximum atomic E-state index is 4.27. The first-order valence-corrected chi connectivity index (χ1v) is 7.73. The molecular formula is C15H28N4. The standard InChI is InChI=1S/C15H28N4/c1-3-9-18-10-4-6-15(7-12-18)17-14(2)13-19-11-5-8-16-19/h5,8,11,14-15,17H,3-4,6-7,9-10,12-13H2,1-2H3. The minimum Gasteiger partial charge on any atom is -0.310 e. The molecule has 1 saturated heterocycles. The van der Waals surface area contributed by atoms with Gasteiger partial charge in [0.1, 0.15) is 0 Å². The Labute approximate surface area is 117 Å². The molecule has 2 heterocycles. The third-order valence-corrected chi connectivity index (χ3v) is 3.90. The first kappa shape index (κ1) is 14.5. The minimum absolute atomic E-state index is 0.489. The number of hydrogen-bond donors (Lipinski definition) is 1. The largest absolute Gasteiger partial charge is 0.310 e. The van der Waals surface area contributed by atoms with E-state index < -0.39 is 0 Å². The summed E-state index contributed by atoms with van der Waals surface area (Å²) in [6, 6.07) is 3.15. The summed E-state index contributed by atoms with van der Waals surface area (Å²) in [4.78, 5) is 2.61. The zero-order valence-electron chi connectivity index (χ0n) is 12.4. The van der Waals surface area contributed by atoms with E-state index >= 15 is 0 Å². The smallest absolute Gasteiger partial charge is 0.0560 e. The van der Waals surface area contributed by atoms with Crippen molar-refractivity contribution in [1.82, 2.24) is 20.0 Å². The molecule has 0 bridgehead atoms. The van der Waals surface area contributed by atoms with Crippen molar-refractivity contribution in [2.75, 3.05) is 19.6 Å². The summed E-state index contributed by atoms with van der Waals surface area (Å²) in [5, 5.41) is 8.04. The van der Waals surface area contributed by atoms with Crippen molar-refractivity contribution in [3.63, 3.8) is 0 Å². The lowest BCUT2D eigenvalue weighted by Crippen LogP contribution is -2.39. The van der Waals surface area contributed by atoms with Crippen LogP contribution in [0.5, 0.6) is 0 Å². The molecule has 0 aromatic carbocycles. The van der Waals surface area contributed by atoms with Gasteiger partial charge in [0, 0.05) is 24.5 Å². The molecule has 19 heavy (non-hydrogen) atoms. The second-order valence-corrected chi connectivity index (χ2v) is 5.77. The molecule has 1 aliphatic rings. The van der Waals surface area contributed by atoms with Gasteiger partial charge in [-0.25, -0.2) is 0 Å². The number of nitrogens with zero attached hydrogens (tertiary/aromatic N) is 3. The molecule has 108 valence electrons. The Balaban J connectivity index is 1.73. The van der Waals surface area contributed by atoms with Gasteiger partial charge >= 0.3 is 0 Å². The zero-order chi connectivity index (χ0) is 13.5. The van der Waals surface area contributed by atoms with Crippen LogP contribution < -0.4 is 5.32 Å². The van der Waals surface area contributed by atoms with Gasteiger partial charge in [-0.15, -0.1) is 0 Å². The fourth-order valence-corrected chi connectivity index (χ4v) is 3.01. The molecule has 1 aliphatic heterocycles. The summed E-state index contributed by atoms with van der Waals surface area (Å²) in [5.41, 5.74) is 0. The van der Waals surface area contributed by atoms with E-state index in [0.29, 0.717) is 12.1 Å². The predicted octanol–water partition coefficient (Wildman–Crippen LogP) is 2.13. The summed E-state index contributed by atoms with van der Waals surface area (Å²) in [5.74, 6) is 0. The van der Waals surface area contributed by atoms with Crippen LogP contribution in [-0.4, -0.2) is 46.4 Å². The number of nitrogens with one attached hydrogen (secondary N) is 1. The average molecular weight is 264 g/mol. The molecular weight excluding hydrogens is 236 g/mol. The van der Waals surface area contributed by atoms with Gasteiger partial charge in [-0.1, -0.05) is 6.92 Å². The fourth-order valence-electron chi connectivity index (χ4n) is 3.01. The quantitative estimate of drug-likeness (QED) is 0.854. The van der Waals surface area contributed by atoms with Gasteiger partial charge in [0.05, 0.1) is 6.54 Å². The molecule has 1 fully saturated rings. The maximum Gasteiger partial charge on any atom is 0.0560 e. The highest BCUT2D eigenvalue weighted by molar-refractivity contribution is 4.81. The Morgan fingerprint density at radius 3 is 3.00 bits per heavy atom. The second-order valence-electron chi connectivity index (χ2n) is 5.77. The lowest BCUT2D eigenvalue weighted by Gasteiger charge is -2.22. The lowest BCUT2D eigenvalue weighted by atomic mass is 10.1. The van der Waals surface area contributed by atoms with Crippen molar-refractivity contribution in [3.8, 4) is 0 Å². The van der Waals surface area contributed by atoms with E-state index in [1.54, 1.807) is 0 Å². The molecule has 4 nitrogen and oxygen atoms in total. The molecule has 4 heteroatoms. The molecule has 0 spiro atoms. The highest BCUT2D eigenvalue weighted by Crippen LogP contribution is 2.12. The number of aromatic nitrogens is 2. The third kappa shape index (κ3) is 4.96. The second kappa shape index (κ2) is 7.65. The first-order valence-electron chi connectivity index (χ1n) is 7.73. The predicted molar refractivity (Wildman–Crippen MR) is 79.2 cm³/mol. The van der Waals surface area contributed by atoms with E-state index in [0.717, 1.165) is 6.54 Å². The molecule has 0 aliphatic carbocycles. The van der Waals surface area contributed by atoms with E-state index in [9.17, 15) is 0 Å². The minimum atomic E-state index is 0.489. The van der Waals surface area contributed by atoms with Gasteiger partial charge in [0.2, 0.25) is 0 Å². The van der Waals surface area contributed by atoms with E-state index in [1.807, 2.05) is 23.1 Å². The van der Waals surface area contributed by atoms with Crippen molar-refractivity contribution in [1.29, 1.82) is 0 Å². The molecule has 1 aromatic rings. The van der Waals surface area contributed by atoms with Gasteiger partial charge in [0.25, 0.3) is 0 Å². The molecule has 2 rings (SSSR count).